The first-order chi connectivity index (χ1) is 23.9. The highest BCUT2D eigenvalue weighted by Crippen LogP contribution is 2.33. The van der Waals surface area contributed by atoms with Crippen molar-refractivity contribution in [3.8, 4) is 0 Å². The van der Waals surface area contributed by atoms with Crippen molar-refractivity contribution < 1.29 is 14.6 Å². The molecule has 0 aromatic heterocycles. The summed E-state index contributed by atoms with van der Waals surface area (Å²) in [4.78, 5) is 0. The summed E-state index contributed by atoms with van der Waals surface area (Å²) >= 11 is 0. The molecule has 0 spiro atoms. The molecule has 3 heteroatoms. The van der Waals surface area contributed by atoms with Crippen LogP contribution in [0.25, 0.3) is 0 Å². The Morgan fingerprint density at radius 2 is 0.780 bits per heavy atom. The van der Waals surface area contributed by atoms with E-state index in [0.29, 0.717) is 13.2 Å². The number of hydrogen-bond donors (Lipinski definition) is 1. The van der Waals surface area contributed by atoms with E-state index in [1.54, 1.807) is 0 Å². The monoisotopic (exact) mass is 709 g/mol. The molecular formula is C47H96O3. The second kappa shape index (κ2) is 32.3. The Labute approximate surface area is 317 Å². The lowest BCUT2D eigenvalue weighted by molar-refractivity contribution is -0.292. The minimum absolute atomic E-state index is 0.146. The van der Waals surface area contributed by atoms with Gasteiger partial charge in [0.2, 0.25) is 0 Å². The third kappa shape index (κ3) is 29.3. The summed E-state index contributed by atoms with van der Waals surface area (Å²) in [6, 6.07) is 0. The molecule has 1 fully saturated rings. The standard InChI is InChI=1S/C29H58O3.C18H38/c1-7-19-29(31-22-28(21-30)23-32-29)20-18-27(6)14-9-8-13-25(4)16-11-17-26(5)15-10-12-24(2)3;1-6-7-8-12-17(4)14-10-15-18(5)13-9-11-16(2)3/h24-28,30H,7-23H2,1-6H3;16-18H,6-15H2,1-5H3. The van der Waals surface area contributed by atoms with Gasteiger partial charge >= 0.3 is 0 Å². The van der Waals surface area contributed by atoms with Gasteiger partial charge in [-0.25, -0.2) is 0 Å². The van der Waals surface area contributed by atoms with Crippen LogP contribution in [0.5, 0.6) is 0 Å². The van der Waals surface area contributed by atoms with Crippen LogP contribution < -0.4 is 0 Å². The number of ether oxygens (including phenoxy) is 2. The molecule has 0 aromatic carbocycles. The summed E-state index contributed by atoms with van der Waals surface area (Å²) < 4.78 is 12.2. The van der Waals surface area contributed by atoms with Crippen LogP contribution in [0.15, 0.2) is 0 Å². The van der Waals surface area contributed by atoms with Crippen molar-refractivity contribution >= 4 is 0 Å². The van der Waals surface area contributed by atoms with Crippen LogP contribution >= 0.6 is 0 Å². The van der Waals surface area contributed by atoms with Crippen LogP contribution in [0.4, 0.5) is 0 Å². The molecule has 5 atom stereocenters. The molecule has 1 saturated heterocycles. The number of hydrogen-bond acceptors (Lipinski definition) is 3. The van der Waals surface area contributed by atoms with E-state index in [9.17, 15) is 5.11 Å². The van der Waals surface area contributed by atoms with E-state index >= 15 is 0 Å². The van der Waals surface area contributed by atoms with Crippen molar-refractivity contribution in [2.24, 2.45) is 47.3 Å². The minimum atomic E-state index is -0.394. The van der Waals surface area contributed by atoms with Crippen LogP contribution in [0.2, 0.25) is 0 Å². The molecule has 1 N–H and O–H groups in total. The maximum absolute atomic E-state index is 9.33. The SMILES string of the molecule is CCCC1(CCC(C)CCCCC(C)CCCC(C)CCCC(C)C)OCC(CO)CO1.CCCCCC(C)CCCC(C)CCCC(C)C. The number of rotatable bonds is 31. The molecule has 0 saturated carbocycles. The van der Waals surface area contributed by atoms with E-state index < -0.39 is 5.79 Å². The fourth-order valence-electron chi connectivity index (χ4n) is 7.82. The van der Waals surface area contributed by atoms with Gasteiger partial charge < -0.3 is 14.6 Å². The zero-order chi connectivity index (χ0) is 37.6. The number of unbranched alkanes of at least 4 members (excludes halogenated alkanes) is 3. The van der Waals surface area contributed by atoms with Gasteiger partial charge in [0.15, 0.2) is 5.79 Å². The predicted molar refractivity (Wildman–Crippen MR) is 223 cm³/mol. The topological polar surface area (TPSA) is 38.7 Å². The molecule has 0 amide bonds. The Bertz CT molecular complexity index is 697. The average Bonchev–Trinajstić information content (AvgIpc) is 3.06. The fraction of sp³-hybridized carbons (Fsp3) is 1.00. The second-order valence-electron chi connectivity index (χ2n) is 18.7. The van der Waals surface area contributed by atoms with E-state index in [1.807, 2.05) is 0 Å². The van der Waals surface area contributed by atoms with Gasteiger partial charge in [-0.05, 0) is 47.8 Å². The van der Waals surface area contributed by atoms with Crippen LogP contribution in [0.3, 0.4) is 0 Å². The van der Waals surface area contributed by atoms with E-state index in [2.05, 4.69) is 76.2 Å². The van der Waals surface area contributed by atoms with Gasteiger partial charge in [-0.1, -0.05) is 211 Å². The lowest BCUT2D eigenvalue weighted by Crippen LogP contribution is -2.45. The normalized spacial score (nSPS) is 21.1. The first kappa shape index (κ1) is 49.9. The maximum atomic E-state index is 9.33. The smallest absolute Gasteiger partial charge is 0.168 e. The fourth-order valence-corrected chi connectivity index (χ4v) is 7.82. The highest BCUT2D eigenvalue weighted by atomic mass is 16.7. The van der Waals surface area contributed by atoms with Crippen molar-refractivity contribution in [3.63, 3.8) is 0 Å². The maximum Gasteiger partial charge on any atom is 0.168 e. The quantitative estimate of drug-likeness (QED) is 0.0729. The lowest BCUT2D eigenvalue weighted by atomic mass is 9.90. The van der Waals surface area contributed by atoms with Crippen LogP contribution in [0, 0.1) is 47.3 Å². The van der Waals surface area contributed by atoms with Crippen molar-refractivity contribution in [2.45, 2.75) is 236 Å². The Kier molecular flexibility index (Phi) is 32.2. The second-order valence-corrected chi connectivity index (χ2v) is 18.7. The molecule has 0 bridgehead atoms. The van der Waals surface area contributed by atoms with Crippen molar-refractivity contribution in [1.82, 2.24) is 0 Å². The first-order valence-corrected chi connectivity index (χ1v) is 22.7. The molecule has 0 aliphatic carbocycles. The third-order valence-electron chi connectivity index (χ3n) is 11.8. The van der Waals surface area contributed by atoms with Crippen LogP contribution in [-0.4, -0.2) is 30.7 Å². The van der Waals surface area contributed by atoms with E-state index in [1.165, 1.54) is 135 Å². The minimum Gasteiger partial charge on any atom is -0.396 e. The Morgan fingerprint density at radius 3 is 1.12 bits per heavy atom. The van der Waals surface area contributed by atoms with E-state index in [0.717, 1.165) is 60.7 Å². The number of aliphatic hydroxyl groups is 1. The Balaban J connectivity index is 0.00000113. The van der Waals surface area contributed by atoms with Crippen molar-refractivity contribution in [2.75, 3.05) is 19.8 Å². The van der Waals surface area contributed by atoms with Crippen LogP contribution in [0.1, 0.15) is 230 Å². The summed E-state index contributed by atoms with van der Waals surface area (Å²) in [7, 11) is 0. The van der Waals surface area contributed by atoms with E-state index in [-0.39, 0.29) is 12.5 Å². The van der Waals surface area contributed by atoms with Gasteiger partial charge in [0.05, 0.1) is 19.8 Å². The molecule has 1 rings (SSSR count). The van der Waals surface area contributed by atoms with Gasteiger partial charge in [0.1, 0.15) is 0 Å². The summed E-state index contributed by atoms with van der Waals surface area (Å²) in [6.45, 7) is 27.5. The zero-order valence-corrected chi connectivity index (χ0v) is 36.5. The molecule has 3 nitrogen and oxygen atoms in total. The molecule has 1 aliphatic rings. The molecule has 0 aromatic rings. The molecular weight excluding hydrogens is 613 g/mol. The molecule has 5 unspecified atom stereocenters. The zero-order valence-electron chi connectivity index (χ0n) is 36.5. The van der Waals surface area contributed by atoms with Gasteiger partial charge in [-0.15, -0.1) is 0 Å². The Morgan fingerprint density at radius 1 is 0.440 bits per heavy atom. The summed E-state index contributed by atoms with van der Waals surface area (Å²) in [5.74, 6) is 5.92. The average molecular weight is 709 g/mol. The molecule has 0 radical (unpaired) electrons. The molecule has 1 heterocycles. The molecule has 302 valence electrons. The lowest BCUT2D eigenvalue weighted by Gasteiger charge is -2.40. The molecule has 1 aliphatic heterocycles. The van der Waals surface area contributed by atoms with Gasteiger partial charge in [0, 0.05) is 18.8 Å². The van der Waals surface area contributed by atoms with Crippen molar-refractivity contribution in [1.29, 1.82) is 0 Å². The summed E-state index contributed by atoms with van der Waals surface area (Å²) in [6.07, 6.45) is 32.5. The van der Waals surface area contributed by atoms with Crippen molar-refractivity contribution in [3.05, 3.63) is 0 Å². The van der Waals surface area contributed by atoms with Gasteiger partial charge in [-0.3, -0.25) is 0 Å². The molecule has 50 heavy (non-hydrogen) atoms. The van der Waals surface area contributed by atoms with Crippen LogP contribution in [-0.2, 0) is 9.47 Å². The Hall–Kier alpha value is -0.120. The first-order valence-electron chi connectivity index (χ1n) is 22.7. The third-order valence-corrected chi connectivity index (χ3v) is 11.8. The summed E-state index contributed by atoms with van der Waals surface area (Å²) in [5, 5.41) is 9.33. The summed E-state index contributed by atoms with van der Waals surface area (Å²) in [5.41, 5.74) is 0. The van der Waals surface area contributed by atoms with Gasteiger partial charge in [0.25, 0.3) is 0 Å². The highest BCUT2D eigenvalue weighted by Gasteiger charge is 2.36. The number of aliphatic hydroxyl groups excluding tert-OH is 1. The predicted octanol–water partition coefficient (Wildman–Crippen LogP) is 15.2. The highest BCUT2D eigenvalue weighted by molar-refractivity contribution is 4.77. The van der Waals surface area contributed by atoms with Gasteiger partial charge in [-0.2, -0.15) is 0 Å². The largest absolute Gasteiger partial charge is 0.396 e. The van der Waals surface area contributed by atoms with E-state index in [4.69, 9.17) is 9.47 Å².